The van der Waals surface area contributed by atoms with Crippen molar-refractivity contribution in [3.05, 3.63) is 58.6 Å². The van der Waals surface area contributed by atoms with Gasteiger partial charge in [0.25, 0.3) is 5.91 Å². The number of aromatic carboxylic acids is 1. The van der Waals surface area contributed by atoms with Gasteiger partial charge >= 0.3 is 5.97 Å². The summed E-state index contributed by atoms with van der Waals surface area (Å²) in [6.07, 6.45) is 3.29. The van der Waals surface area contributed by atoms with Crippen molar-refractivity contribution < 1.29 is 14.7 Å². The van der Waals surface area contributed by atoms with Gasteiger partial charge in [-0.15, -0.1) is 0 Å². The molecule has 3 atom stereocenters. The number of aromatic nitrogens is 2. The molecule has 24 heavy (non-hydrogen) atoms. The first-order chi connectivity index (χ1) is 11.5. The lowest BCUT2D eigenvalue weighted by Crippen LogP contribution is -2.31. The van der Waals surface area contributed by atoms with Crippen LogP contribution >= 0.6 is 11.6 Å². The first-order valence-corrected chi connectivity index (χ1v) is 7.95. The second kappa shape index (κ2) is 6.57. The third-order valence-electron chi connectivity index (χ3n) is 4.22. The number of carbonyl (C=O) groups excluding carboxylic acids is 1. The lowest BCUT2D eigenvalue weighted by atomic mass is 10.0. The highest BCUT2D eigenvalue weighted by molar-refractivity contribution is 6.30. The summed E-state index contributed by atoms with van der Waals surface area (Å²) in [5, 5.41) is 12.4. The van der Waals surface area contributed by atoms with Gasteiger partial charge in [0.1, 0.15) is 5.69 Å². The smallest absolute Gasteiger partial charge is 0.356 e. The van der Waals surface area contributed by atoms with Crippen LogP contribution in [0.3, 0.4) is 0 Å². The third kappa shape index (κ3) is 3.54. The van der Waals surface area contributed by atoms with Crippen molar-refractivity contribution in [3.8, 4) is 0 Å². The number of benzene rings is 1. The van der Waals surface area contributed by atoms with Crippen LogP contribution in [0.2, 0.25) is 5.02 Å². The van der Waals surface area contributed by atoms with Gasteiger partial charge in [0.05, 0.1) is 18.4 Å². The Balaban J connectivity index is 1.78. The Labute approximate surface area is 143 Å². The van der Waals surface area contributed by atoms with Crippen LogP contribution in [0.25, 0.3) is 0 Å². The molecule has 0 saturated heterocycles. The molecule has 0 aliphatic heterocycles. The topological polar surface area (TPSA) is 92.2 Å². The Bertz CT molecular complexity index is 762. The molecule has 3 rings (SSSR count). The van der Waals surface area contributed by atoms with Crippen LogP contribution in [0.1, 0.15) is 45.9 Å². The fraction of sp³-hybridized carbons (Fsp3) is 0.294. The van der Waals surface area contributed by atoms with E-state index in [9.17, 15) is 9.59 Å². The van der Waals surface area contributed by atoms with Gasteiger partial charge in [-0.3, -0.25) is 4.79 Å². The summed E-state index contributed by atoms with van der Waals surface area (Å²) in [6, 6.07) is 7.26. The molecule has 1 amide bonds. The lowest BCUT2D eigenvalue weighted by molar-refractivity contribution is 0.0689. The standard InChI is InChI=1S/C17H16ClN3O3/c1-9-6-12(9)15(10-2-4-11(18)5-3-10)21-16(22)13-7-20-14(8-19-13)17(23)24/h2-5,7-9,12,15H,6H2,1H3,(H,21,22)(H,23,24). The summed E-state index contributed by atoms with van der Waals surface area (Å²) in [5.41, 5.74) is 0.876. The first-order valence-electron chi connectivity index (χ1n) is 7.57. The molecule has 2 N–H and O–H groups in total. The molecule has 1 saturated carbocycles. The second-order valence-corrected chi connectivity index (χ2v) is 6.41. The van der Waals surface area contributed by atoms with Crippen molar-refractivity contribution in [2.45, 2.75) is 19.4 Å². The van der Waals surface area contributed by atoms with Gasteiger partial charge in [0.2, 0.25) is 0 Å². The van der Waals surface area contributed by atoms with Crippen LogP contribution in [0.5, 0.6) is 0 Å². The molecule has 2 aromatic rings. The quantitative estimate of drug-likeness (QED) is 0.869. The number of carboxylic acid groups (broad SMARTS) is 1. The van der Waals surface area contributed by atoms with Gasteiger partial charge < -0.3 is 10.4 Å². The highest BCUT2D eigenvalue weighted by atomic mass is 35.5. The highest BCUT2D eigenvalue weighted by Gasteiger charge is 2.41. The van der Waals surface area contributed by atoms with Crippen molar-refractivity contribution in [2.24, 2.45) is 11.8 Å². The molecule has 1 aliphatic rings. The summed E-state index contributed by atoms with van der Waals surface area (Å²) in [7, 11) is 0. The number of nitrogens with zero attached hydrogens (tertiary/aromatic N) is 2. The summed E-state index contributed by atoms with van der Waals surface area (Å²) < 4.78 is 0. The molecule has 3 unspecified atom stereocenters. The minimum absolute atomic E-state index is 0.0901. The molecule has 1 aromatic heterocycles. The number of carboxylic acids is 1. The summed E-state index contributed by atoms with van der Waals surface area (Å²) in [6.45, 7) is 2.14. The van der Waals surface area contributed by atoms with Crippen molar-refractivity contribution in [1.82, 2.24) is 15.3 Å². The van der Waals surface area contributed by atoms with E-state index < -0.39 is 5.97 Å². The summed E-state index contributed by atoms with van der Waals surface area (Å²) in [5.74, 6) is -0.661. The molecule has 1 aliphatic carbocycles. The van der Waals surface area contributed by atoms with Crippen LogP contribution in [0.15, 0.2) is 36.7 Å². The maximum atomic E-state index is 12.4. The zero-order valence-electron chi connectivity index (χ0n) is 12.9. The average Bonchev–Trinajstić information content (AvgIpc) is 3.30. The van der Waals surface area contributed by atoms with E-state index in [1.807, 2.05) is 12.1 Å². The van der Waals surface area contributed by atoms with Crippen LogP contribution in [0.4, 0.5) is 0 Å². The number of nitrogens with one attached hydrogen (secondary N) is 1. The monoisotopic (exact) mass is 345 g/mol. The zero-order valence-corrected chi connectivity index (χ0v) is 13.7. The molecule has 0 spiro atoms. The molecule has 0 radical (unpaired) electrons. The Morgan fingerprint density at radius 3 is 2.29 bits per heavy atom. The normalized spacial score (nSPS) is 20.2. The third-order valence-corrected chi connectivity index (χ3v) is 4.47. The van der Waals surface area contributed by atoms with Crippen LogP contribution in [0, 0.1) is 11.8 Å². The number of carbonyl (C=O) groups is 2. The predicted molar refractivity (Wildman–Crippen MR) is 87.9 cm³/mol. The van der Waals surface area contributed by atoms with E-state index in [0.717, 1.165) is 18.2 Å². The Kier molecular flexibility index (Phi) is 4.49. The first kappa shape index (κ1) is 16.4. The molecule has 124 valence electrons. The molecule has 6 nitrogen and oxygen atoms in total. The van der Waals surface area contributed by atoms with E-state index in [0.29, 0.717) is 16.9 Å². The van der Waals surface area contributed by atoms with E-state index >= 15 is 0 Å². The fourth-order valence-corrected chi connectivity index (χ4v) is 2.82. The maximum absolute atomic E-state index is 12.4. The Hall–Kier alpha value is -2.47. The Morgan fingerprint density at radius 1 is 1.21 bits per heavy atom. The molecule has 0 bridgehead atoms. The van der Waals surface area contributed by atoms with E-state index in [1.165, 1.54) is 6.20 Å². The van der Waals surface area contributed by atoms with E-state index in [4.69, 9.17) is 16.7 Å². The van der Waals surface area contributed by atoms with Crippen LogP contribution < -0.4 is 5.32 Å². The SMILES string of the molecule is CC1CC1C(NC(=O)c1cnc(C(=O)O)cn1)c1ccc(Cl)cc1. The minimum atomic E-state index is -1.18. The molecule has 7 heteroatoms. The molecule has 1 aromatic carbocycles. The second-order valence-electron chi connectivity index (χ2n) is 5.97. The summed E-state index contributed by atoms with van der Waals surface area (Å²) in [4.78, 5) is 30.8. The molecule has 1 heterocycles. The van der Waals surface area contributed by atoms with Crippen LogP contribution in [-0.2, 0) is 0 Å². The van der Waals surface area contributed by atoms with Gasteiger partial charge in [0, 0.05) is 5.02 Å². The van der Waals surface area contributed by atoms with Crippen molar-refractivity contribution >= 4 is 23.5 Å². The highest BCUT2D eigenvalue weighted by Crippen LogP contribution is 2.47. The van der Waals surface area contributed by atoms with Gasteiger partial charge in [0.15, 0.2) is 5.69 Å². The number of amides is 1. The average molecular weight is 346 g/mol. The predicted octanol–water partition coefficient (Wildman–Crippen LogP) is 2.96. The number of halogens is 1. The van der Waals surface area contributed by atoms with Gasteiger partial charge in [-0.25, -0.2) is 14.8 Å². The van der Waals surface area contributed by atoms with Gasteiger partial charge in [-0.2, -0.15) is 0 Å². The van der Waals surface area contributed by atoms with Gasteiger partial charge in [-0.05, 0) is 36.0 Å². The number of rotatable bonds is 5. The molecule has 1 fully saturated rings. The zero-order chi connectivity index (χ0) is 17.3. The lowest BCUT2D eigenvalue weighted by Gasteiger charge is -2.19. The molecular formula is C17H16ClN3O3. The van der Waals surface area contributed by atoms with Crippen LogP contribution in [-0.4, -0.2) is 27.0 Å². The minimum Gasteiger partial charge on any atom is -0.476 e. The fourth-order valence-electron chi connectivity index (χ4n) is 2.69. The van der Waals surface area contributed by atoms with Crippen molar-refractivity contribution in [1.29, 1.82) is 0 Å². The number of hydrogen-bond acceptors (Lipinski definition) is 4. The van der Waals surface area contributed by atoms with E-state index in [-0.39, 0.29) is 23.3 Å². The van der Waals surface area contributed by atoms with Crippen molar-refractivity contribution in [3.63, 3.8) is 0 Å². The number of hydrogen-bond donors (Lipinski definition) is 2. The largest absolute Gasteiger partial charge is 0.476 e. The molecular weight excluding hydrogens is 330 g/mol. The van der Waals surface area contributed by atoms with E-state index in [2.05, 4.69) is 22.2 Å². The van der Waals surface area contributed by atoms with E-state index in [1.54, 1.807) is 12.1 Å². The Morgan fingerprint density at radius 2 is 1.79 bits per heavy atom. The maximum Gasteiger partial charge on any atom is 0.356 e. The summed E-state index contributed by atoms with van der Waals surface area (Å²) >= 11 is 5.93. The van der Waals surface area contributed by atoms with Gasteiger partial charge in [-0.1, -0.05) is 30.7 Å². The van der Waals surface area contributed by atoms with Crippen molar-refractivity contribution in [2.75, 3.05) is 0 Å².